The molecule has 0 atom stereocenters. The van der Waals surface area contributed by atoms with Crippen molar-refractivity contribution in [1.29, 1.82) is 0 Å². The highest BCUT2D eigenvalue weighted by Gasteiger charge is 2.16. The number of rotatable bonds is 5. The summed E-state index contributed by atoms with van der Waals surface area (Å²) in [4.78, 5) is 0.296. The third-order valence-corrected chi connectivity index (χ3v) is 5.70. The van der Waals surface area contributed by atoms with Crippen molar-refractivity contribution in [2.45, 2.75) is 32.2 Å². The summed E-state index contributed by atoms with van der Waals surface area (Å²) in [5, 5.41) is 0. The van der Waals surface area contributed by atoms with Gasteiger partial charge in [0.15, 0.2) is 0 Å². The van der Waals surface area contributed by atoms with E-state index in [-0.39, 0.29) is 6.54 Å². The second-order valence-electron chi connectivity index (χ2n) is 6.21. The molecule has 25 heavy (non-hydrogen) atoms. The molecular formula is C20H22N2O2S. The van der Waals surface area contributed by atoms with Crippen molar-refractivity contribution in [3.05, 3.63) is 83.2 Å². The predicted octanol–water partition coefficient (Wildman–Crippen LogP) is 3.88. The number of aryl methyl sites for hydroxylation is 2. The fourth-order valence-electron chi connectivity index (χ4n) is 3.02. The molecule has 4 nitrogen and oxygen atoms in total. The summed E-state index contributed by atoms with van der Waals surface area (Å²) in [5.74, 6) is 0. The van der Waals surface area contributed by atoms with E-state index in [1.807, 2.05) is 63.2 Å². The van der Waals surface area contributed by atoms with Gasteiger partial charge in [-0.3, -0.25) is 0 Å². The number of benzene rings is 2. The molecule has 3 aromatic rings. The minimum absolute atomic E-state index is 0.267. The van der Waals surface area contributed by atoms with Gasteiger partial charge in [-0.25, -0.2) is 13.1 Å². The molecule has 1 aromatic heterocycles. The number of sulfonamides is 1. The molecule has 0 saturated carbocycles. The van der Waals surface area contributed by atoms with Crippen molar-refractivity contribution in [3.63, 3.8) is 0 Å². The van der Waals surface area contributed by atoms with Crippen LogP contribution in [0, 0.1) is 20.8 Å². The van der Waals surface area contributed by atoms with Crippen molar-refractivity contribution in [2.24, 2.45) is 0 Å². The van der Waals surface area contributed by atoms with Gasteiger partial charge < -0.3 is 4.57 Å². The van der Waals surface area contributed by atoms with Crippen molar-refractivity contribution in [2.75, 3.05) is 0 Å². The van der Waals surface area contributed by atoms with Crippen molar-refractivity contribution in [1.82, 2.24) is 9.29 Å². The second kappa shape index (κ2) is 6.86. The van der Waals surface area contributed by atoms with Crippen LogP contribution >= 0.6 is 0 Å². The van der Waals surface area contributed by atoms with E-state index in [1.54, 1.807) is 18.2 Å². The van der Waals surface area contributed by atoms with Gasteiger partial charge in [-0.2, -0.15) is 0 Å². The summed E-state index contributed by atoms with van der Waals surface area (Å²) in [7, 11) is -3.53. The molecule has 2 aromatic carbocycles. The summed E-state index contributed by atoms with van der Waals surface area (Å²) in [6, 6.07) is 19.0. The lowest BCUT2D eigenvalue weighted by atomic mass is 10.2. The van der Waals surface area contributed by atoms with E-state index in [9.17, 15) is 8.42 Å². The lowest BCUT2D eigenvalue weighted by molar-refractivity contribution is 0.581. The van der Waals surface area contributed by atoms with Gasteiger partial charge in [-0.1, -0.05) is 30.3 Å². The Labute approximate surface area is 149 Å². The first-order valence-electron chi connectivity index (χ1n) is 8.18. The van der Waals surface area contributed by atoms with Crippen LogP contribution in [-0.2, 0) is 16.6 Å². The molecule has 1 heterocycles. The van der Waals surface area contributed by atoms with E-state index in [0.29, 0.717) is 4.90 Å². The van der Waals surface area contributed by atoms with Crippen molar-refractivity contribution in [3.8, 4) is 5.69 Å². The molecule has 0 saturated heterocycles. The van der Waals surface area contributed by atoms with Crippen LogP contribution in [0.3, 0.4) is 0 Å². The number of para-hydroxylation sites is 1. The summed E-state index contributed by atoms with van der Waals surface area (Å²) >= 11 is 0. The monoisotopic (exact) mass is 354 g/mol. The highest BCUT2D eigenvalue weighted by molar-refractivity contribution is 7.89. The van der Waals surface area contributed by atoms with Crippen LogP contribution in [0.15, 0.2) is 65.6 Å². The standard InChI is InChI=1S/C20H22N2O2S/c1-15-8-7-11-20(12-15)25(23,24)21-14-18-13-16(2)22(17(18)3)19-9-5-4-6-10-19/h4-13,21H,14H2,1-3H3. The number of hydrogen-bond donors (Lipinski definition) is 1. The maximum atomic E-state index is 12.5. The van der Waals surface area contributed by atoms with Crippen molar-refractivity contribution >= 4 is 10.0 Å². The Bertz CT molecular complexity index is 990. The lowest BCUT2D eigenvalue weighted by Crippen LogP contribution is -2.23. The lowest BCUT2D eigenvalue weighted by Gasteiger charge is -2.10. The molecule has 0 bridgehead atoms. The average Bonchev–Trinajstić information content (AvgIpc) is 2.88. The molecule has 5 heteroatoms. The quantitative estimate of drug-likeness (QED) is 0.756. The summed E-state index contributed by atoms with van der Waals surface area (Å²) in [6.45, 7) is 6.18. The first-order valence-corrected chi connectivity index (χ1v) is 9.66. The van der Waals surface area contributed by atoms with E-state index in [1.165, 1.54) is 0 Å². The molecule has 0 unspecified atom stereocenters. The van der Waals surface area contributed by atoms with Crippen LogP contribution in [0.25, 0.3) is 5.69 Å². The fraction of sp³-hybridized carbons (Fsp3) is 0.200. The van der Waals surface area contributed by atoms with Gasteiger partial charge in [0.1, 0.15) is 0 Å². The average molecular weight is 354 g/mol. The summed E-state index contributed by atoms with van der Waals surface area (Å²) < 4.78 is 29.9. The van der Waals surface area contributed by atoms with Gasteiger partial charge >= 0.3 is 0 Å². The molecule has 1 N–H and O–H groups in total. The molecule has 0 fully saturated rings. The van der Waals surface area contributed by atoms with E-state index in [2.05, 4.69) is 9.29 Å². The SMILES string of the molecule is Cc1cccc(S(=O)(=O)NCc2cc(C)n(-c3ccccc3)c2C)c1. The first-order chi connectivity index (χ1) is 11.9. The third-order valence-electron chi connectivity index (χ3n) is 4.30. The highest BCUT2D eigenvalue weighted by Crippen LogP contribution is 2.21. The van der Waals surface area contributed by atoms with Crippen molar-refractivity contribution < 1.29 is 8.42 Å². The molecule has 130 valence electrons. The Morgan fingerprint density at radius 3 is 2.32 bits per heavy atom. The van der Waals surface area contributed by atoms with E-state index in [4.69, 9.17) is 0 Å². The molecule has 0 aliphatic heterocycles. The maximum absolute atomic E-state index is 12.5. The number of hydrogen-bond acceptors (Lipinski definition) is 2. The van der Waals surface area contributed by atoms with Gasteiger partial charge in [0.2, 0.25) is 10.0 Å². The first kappa shape index (κ1) is 17.5. The number of nitrogens with zero attached hydrogens (tertiary/aromatic N) is 1. The topological polar surface area (TPSA) is 51.1 Å². The smallest absolute Gasteiger partial charge is 0.240 e. The molecule has 0 amide bonds. The second-order valence-corrected chi connectivity index (χ2v) is 7.98. The molecule has 0 spiro atoms. The number of aromatic nitrogens is 1. The molecule has 0 aliphatic carbocycles. The summed E-state index contributed by atoms with van der Waals surface area (Å²) in [6.07, 6.45) is 0. The Hall–Kier alpha value is -2.37. The highest BCUT2D eigenvalue weighted by atomic mass is 32.2. The normalized spacial score (nSPS) is 11.6. The minimum atomic E-state index is -3.53. The predicted molar refractivity (Wildman–Crippen MR) is 100 cm³/mol. The summed E-state index contributed by atoms with van der Waals surface area (Å²) in [5.41, 5.74) is 5.08. The van der Waals surface area contributed by atoms with Gasteiger partial charge in [0.25, 0.3) is 0 Å². The zero-order chi connectivity index (χ0) is 18.0. The van der Waals surface area contributed by atoms with Gasteiger partial charge in [0.05, 0.1) is 4.90 Å². The van der Waals surface area contributed by atoms with Crippen LogP contribution in [0.4, 0.5) is 0 Å². The minimum Gasteiger partial charge on any atom is -0.318 e. The zero-order valence-electron chi connectivity index (χ0n) is 14.7. The van der Waals surface area contributed by atoms with Crippen LogP contribution in [-0.4, -0.2) is 13.0 Å². The van der Waals surface area contributed by atoms with Gasteiger partial charge in [-0.05, 0) is 62.2 Å². The molecular weight excluding hydrogens is 332 g/mol. The Kier molecular flexibility index (Phi) is 4.79. The van der Waals surface area contributed by atoms with Crippen LogP contribution < -0.4 is 4.72 Å². The molecule has 0 aliphatic rings. The Morgan fingerprint density at radius 2 is 1.64 bits per heavy atom. The largest absolute Gasteiger partial charge is 0.318 e. The van der Waals surface area contributed by atoms with Crippen LogP contribution in [0.1, 0.15) is 22.5 Å². The molecule has 0 radical (unpaired) electrons. The van der Waals surface area contributed by atoms with E-state index in [0.717, 1.165) is 28.2 Å². The van der Waals surface area contributed by atoms with E-state index < -0.39 is 10.0 Å². The third kappa shape index (κ3) is 3.67. The Morgan fingerprint density at radius 1 is 0.920 bits per heavy atom. The van der Waals surface area contributed by atoms with Crippen LogP contribution in [0.5, 0.6) is 0 Å². The van der Waals surface area contributed by atoms with Crippen LogP contribution in [0.2, 0.25) is 0 Å². The molecule has 3 rings (SSSR count). The zero-order valence-corrected chi connectivity index (χ0v) is 15.5. The van der Waals surface area contributed by atoms with Gasteiger partial charge in [-0.15, -0.1) is 0 Å². The fourth-order valence-corrected chi connectivity index (χ4v) is 4.13. The van der Waals surface area contributed by atoms with Gasteiger partial charge in [0, 0.05) is 23.6 Å². The van der Waals surface area contributed by atoms with E-state index >= 15 is 0 Å². The maximum Gasteiger partial charge on any atom is 0.240 e. The Balaban J connectivity index is 1.85. The number of nitrogens with one attached hydrogen (secondary N) is 1.